The zero-order valence-corrected chi connectivity index (χ0v) is 18.9. The third-order valence-electron chi connectivity index (χ3n) is 5.48. The van der Waals surface area contributed by atoms with E-state index in [1.165, 1.54) is 0 Å². The Morgan fingerprint density at radius 2 is 1.65 bits per heavy atom. The van der Waals surface area contributed by atoms with E-state index in [0.29, 0.717) is 28.6 Å². The summed E-state index contributed by atoms with van der Waals surface area (Å²) in [7, 11) is 3.20. The Kier molecular flexibility index (Phi) is 6.89. The van der Waals surface area contributed by atoms with Crippen molar-refractivity contribution < 1.29 is 23.9 Å². The molecule has 1 fully saturated rings. The second-order valence-electron chi connectivity index (χ2n) is 7.89. The van der Waals surface area contributed by atoms with Gasteiger partial charge in [-0.2, -0.15) is 0 Å². The van der Waals surface area contributed by atoms with E-state index >= 15 is 0 Å². The van der Waals surface area contributed by atoms with Gasteiger partial charge in [0.05, 0.1) is 31.8 Å². The summed E-state index contributed by atoms with van der Waals surface area (Å²) in [4.78, 5) is 40.9. The molecule has 1 heterocycles. The lowest BCUT2D eigenvalue weighted by Gasteiger charge is -2.22. The van der Waals surface area contributed by atoms with Gasteiger partial charge in [-0.15, -0.1) is 0 Å². The van der Waals surface area contributed by atoms with Gasteiger partial charge >= 0.3 is 0 Å². The molecule has 0 radical (unpaired) electrons. The molecule has 1 saturated heterocycles. The molecule has 1 N–H and O–H groups in total. The van der Waals surface area contributed by atoms with Gasteiger partial charge in [-0.05, 0) is 55.6 Å². The van der Waals surface area contributed by atoms with Crippen molar-refractivity contribution >= 4 is 29.1 Å². The van der Waals surface area contributed by atoms with E-state index < -0.39 is 6.04 Å². The van der Waals surface area contributed by atoms with Crippen LogP contribution >= 0.6 is 0 Å². The number of carbonyl (C=O) groups excluding carboxylic acids is 3. The number of anilines is 2. The summed E-state index contributed by atoms with van der Waals surface area (Å²) in [5.74, 6) is 0.940. The number of carbonyl (C=O) groups is 3. The lowest BCUT2D eigenvalue weighted by atomic mass is 10.2. The van der Waals surface area contributed by atoms with Crippen molar-refractivity contribution in [3.63, 3.8) is 0 Å². The Bertz CT molecular complexity index is 1180. The maximum absolute atomic E-state index is 13.0. The average Bonchev–Trinajstić information content (AvgIpc) is 3.14. The highest BCUT2D eigenvalue weighted by molar-refractivity contribution is 6.22. The summed E-state index contributed by atoms with van der Waals surface area (Å²) in [6, 6.07) is 22.4. The molecule has 3 aromatic carbocycles. The third kappa shape index (κ3) is 5.24. The van der Waals surface area contributed by atoms with Gasteiger partial charge in [0.15, 0.2) is 0 Å². The maximum Gasteiger partial charge on any atom is 0.251 e. The minimum absolute atomic E-state index is 0.00401. The molecule has 174 valence electrons. The molecule has 8 nitrogen and oxygen atoms in total. The van der Waals surface area contributed by atoms with E-state index in [2.05, 4.69) is 5.32 Å². The van der Waals surface area contributed by atoms with E-state index in [0.717, 1.165) is 4.90 Å². The van der Waals surface area contributed by atoms with Crippen molar-refractivity contribution in [2.45, 2.75) is 12.5 Å². The first kappa shape index (κ1) is 23.0. The van der Waals surface area contributed by atoms with Gasteiger partial charge in [0.25, 0.3) is 5.91 Å². The van der Waals surface area contributed by atoms with E-state index in [-0.39, 0.29) is 30.7 Å². The molecule has 3 aromatic rings. The molecule has 0 unspecified atom stereocenters. The first-order chi connectivity index (χ1) is 16.4. The van der Waals surface area contributed by atoms with Crippen LogP contribution in [0.4, 0.5) is 11.4 Å². The zero-order chi connectivity index (χ0) is 24.1. The molecule has 0 spiro atoms. The SMILES string of the molecule is COc1cccc(NC(=O)CN(C)[C@@H]2CC(=O)N(c3ccc(Oc4ccccc4)cc3)C2=O)c1. The van der Waals surface area contributed by atoms with Crippen LogP contribution in [0, 0.1) is 0 Å². The largest absolute Gasteiger partial charge is 0.497 e. The predicted octanol–water partition coefficient (Wildman–Crippen LogP) is 3.69. The van der Waals surface area contributed by atoms with Crippen molar-refractivity contribution in [1.29, 1.82) is 0 Å². The molecule has 1 aliphatic heterocycles. The van der Waals surface area contributed by atoms with Gasteiger partial charge < -0.3 is 14.8 Å². The Balaban J connectivity index is 1.38. The van der Waals surface area contributed by atoms with Crippen LogP contribution in [0.25, 0.3) is 0 Å². The van der Waals surface area contributed by atoms with Crippen LogP contribution in [0.5, 0.6) is 17.2 Å². The monoisotopic (exact) mass is 459 g/mol. The third-order valence-corrected chi connectivity index (χ3v) is 5.48. The number of rotatable bonds is 8. The molecule has 0 aromatic heterocycles. The van der Waals surface area contributed by atoms with Crippen molar-refractivity contribution in [2.24, 2.45) is 0 Å². The van der Waals surface area contributed by atoms with E-state index in [1.807, 2.05) is 30.3 Å². The van der Waals surface area contributed by atoms with Gasteiger partial charge in [-0.1, -0.05) is 24.3 Å². The fourth-order valence-electron chi connectivity index (χ4n) is 3.76. The van der Waals surface area contributed by atoms with Gasteiger partial charge in [0, 0.05) is 11.8 Å². The smallest absolute Gasteiger partial charge is 0.251 e. The number of imide groups is 1. The summed E-state index contributed by atoms with van der Waals surface area (Å²) in [6.07, 6.45) is 0.00401. The lowest BCUT2D eigenvalue weighted by molar-refractivity contribution is -0.123. The molecule has 1 atom stereocenters. The number of likely N-dealkylation sites (N-methyl/N-ethyl adjacent to an activating group) is 1. The van der Waals surface area contributed by atoms with Gasteiger partial charge in [-0.25, -0.2) is 4.90 Å². The minimum atomic E-state index is -0.719. The summed E-state index contributed by atoms with van der Waals surface area (Å²) >= 11 is 0. The fraction of sp³-hybridized carbons (Fsp3) is 0.192. The molecule has 1 aliphatic rings. The molecule has 3 amide bonds. The quantitative estimate of drug-likeness (QED) is 0.517. The Morgan fingerprint density at radius 1 is 0.971 bits per heavy atom. The number of hydrogen-bond acceptors (Lipinski definition) is 6. The summed E-state index contributed by atoms with van der Waals surface area (Å²) < 4.78 is 10.9. The molecule has 4 rings (SSSR count). The lowest BCUT2D eigenvalue weighted by Crippen LogP contribution is -2.43. The Morgan fingerprint density at radius 3 is 2.35 bits per heavy atom. The Labute approximate surface area is 197 Å². The standard InChI is InChI=1S/C26H25N3O5/c1-28(17-24(30)27-18-7-6-10-22(15-18)33-2)23-16-25(31)29(26(23)32)19-11-13-21(14-12-19)34-20-8-4-3-5-9-20/h3-15,23H,16-17H2,1-2H3,(H,27,30)/t23-/m1/s1. The molecule has 0 aliphatic carbocycles. The highest BCUT2D eigenvalue weighted by Crippen LogP contribution is 2.29. The summed E-state index contributed by atoms with van der Waals surface area (Å²) in [5, 5.41) is 2.78. The van der Waals surface area contributed by atoms with Crippen LogP contribution in [0.15, 0.2) is 78.9 Å². The number of methoxy groups -OCH3 is 1. The van der Waals surface area contributed by atoms with Crippen LogP contribution in [-0.4, -0.2) is 49.4 Å². The van der Waals surface area contributed by atoms with Crippen molar-refractivity contribution in [2.75, 3.05) is 30.9 Å². The first-order valence-electron chi connectivity index (χ1n) is 10.8. The maximum atomic E-state index is 13.0. The van der Waals surface area contributed by atoms with Crippen molar-refractivity contribution in [3.05, 3.63) is 78.9 Å². The summed E-state index contributed by atoms with van der Waals surface area (Å²) in [6.45, 7) is -0.0431. The number of nitrogens with one attached hydrogen (secondary N) is 1. The molecule has 0 saturated carbocycles. The molecule has 34 heavy (non-hydrogen) atoms. The molecular formula is C26H25N3O5. The van der Waals surface area contributed by atoms with E-state index in [4.69, 9.17) is 9.47 Å². The number of amides is 3. The molecule has 8 heteroatoms. The number of nitrogens with zero attached hydrogens (tertiary/aromatic N) is 2. The molecular weight excluding hydrogens is 434 g/mol. The van der Waals surface area contributed by atoms with E-state index in [9.17, 15) is 14.4 Å². The van der Waals surface area contributed by atoms with Crippen LogP contribution in [0.1, 0.15) is 6.42 Å². The van der Waals surface area contributed by atoms with Gasteiger partial charge in [0.1, 0.15) is 17.2 Å². The van der Waals surface area contributed by atoms with Gasteiger partial charge in [-0.3, -0.25) is 19.3 Å². The predicted molar refractivity (Wildman–Crippen MR) is 128 cm³/mol. The summed E-state index contributed by atoms with van der Waals surface area (Å²) in [5.41, 5.74) is 1.05. The van der Waals surface area contributed by atoms with Crippen LogP contribution in [0.2, 0.25) is 0 Å². The van der Waals surface area contributed by atoms with Gasteiger partial charge in [0.2, 0.25) is 11.8 Å². The second-order valence-corrected chi connectivity index (χ2v) is 7.89. The van der Waals surface area contributed by atoms with Crippen LogP contribution in [0.3, 0.4) is 0 Å². The highest BCUT2D eigenvalue weighted by atomic mass is 16.5. The fourth-order valence-corrected chi connectivity index (χ4v) is 3.76. The average molecular weight is 460 g/mol. The topological polar surface area (TPSA) is 88.2 Å². The van der Waals surface area contributed by atoms with E-state index in [1.54, 1.807) is 67.6 Å². The number of ether oxygens (including phenoxy) is 2. The first-order valence-corrected chi connectivity index (χ1v) is 10.8. The second kappa shape index (κ2) is 10.2. The zero-order valence-electron chi connectivity index (χ0n) is 18.9. The normalized spacial score (nSPS) is 15.5. The minimum Gasteiger partial charge on any atom is -0.497 e. The van der Waals surface area contributed by atoms with Crippen LogP contribution in [-0.2, 0) is 14.4 Å². The number of benzene rings is 3. The van der Waals surface area contributed by atoms with Crippen LogP contribution < -0.4 is 19.7 Å². The Hall–Kier alpha value is -4.17. The van der Waals surface area contributed by atoms with Crippen molar-refractivity contribution in [1.82, 2.24) is 4.90 Å². The number of para-hydroxylation sites is 1. The highest BCUT2D eigenvalue weighted by Gasteiger charge is 2.42. The molecule has 0 bridgehead atoms. The van der Waals surface area contributed by atoms with Crippen molar-refractivity contribution in [3.8, 4) is 17.2 Å². The number of hydrogen-bond donors (Lipinski definition) is 1.